The Morgan fingerprint density at radius 2 is 2.05 bits per heavy atom. The number of nitrogens with two attached hydrogens (primary N) is 1. The number of aromatic amines is 1. The molecule has 0 fully saturated rings. The second kappa shape index (κ2) is 4.65. The number of nitrogen functional groups attached to an aromatic ring is 1. The molecule has 0 aromatic carbocycles. The highest BCUT2D eigenvalue weighted by Crippen LogP contribution is 2.33. The number of anilines is 1. The van der Waals surface area contributed by atoms with Crippen LogP contribution in [0.1, 0.15) is 0 Å². The normalized spacial score (nSPS) is 10.7. The van der Waals surface area contributed by atoms with Crippen LogP contribution in [0.15, 0.2) is 47.4 Å². The maximum absolute atomic E-state index is 11.5. The molecule has 0 saturated carbocycles. The molecule has 6 nitrogen and oxygen atoms in total. The summed E-state index contributed by atoms with van der Waals surface area (Å²) >= 11 is 0. The van der Waals surface area contributed by atoms with Crippen molar-refractivity contribution in [2.75, 3.05) is 5.73 Å². The number of nitrogens with zero attached hydrogens (tertiary/aromatic N) is 3. The SMILES string of the molecule is Cn1nc(-c2cccc(=O)[nH]2)c(-c2ccccn2)c1N. The quantitative estimate of drug-likeness (QED) is 0.734. The molecule has 0 aliphatic carbocycles. The second-order valence-electron chi connectivity index (χ2n) is 4.38. The summed E-state index contributed by atoms with van der Waals surface area (Å²) in [5, 5.41) is 4.38. The Morgan fingerprint density at radius 1 is 1.20 bits per heavy atom. The van der Waals surface area contributed by atoms with Gasteiger partial charge >= 0.3 is 0 Å². The van der Waals surface area contributed by atoms with Gasteiger partial charge in [-0.3, -0.25) is 14.5 Å². The highest BCUT2D eigenvalue weighted by atomic mass is 16.1. The summed E-state index contributed by atoms with van der Waals surface area (Å²) < 4.78 is 1.57. The molecule has 0 bridgehead atoms. The molecule has 0 aliphatic rings. The standard InChI is InChI=1S/C14H13N5O/c1-19-14(15)12(9-5-2-3-8-16-9)13(18-19)10-6-4-7-11(20)17-10/h2-8H,15H2,1H3,(H,17,20). The summed E-state index contributed by atoms with van der Waals surface area (Å²) in [6.45, 7) is 0. The van der Waals surface area contributed by atoms with Gasteiger partial charge in [-0.1, -0.05) is 12.1 Å². The predicted molar refractivity (Wildman–Crippen MR) is 76.9 cm³/mol. The van der Waals surface area contributed by atoms with E-state index in [0.29, 0.717) is 17.2 Å². The number of nitrogens with one attached hydrogen (secondary N) is 1. The van der Waals surface area contributed by atoms with Gasteiger partial charge in [-0.05, 0) is 18.2 Å². The molecule has 3 heterocycles. The second-order valence-corrected chi connectivity index (χ2v) is 4.38. The number of aryl methyl sites for hydroxylation is 1. The molecule has 100 valence electrons. The van der Waals surface area contributed by atoms with Crippen molar-refractivity contribution in [3.63, 3.8) is 0 Å². The van der Waals surface area contributed by atoms with Gasteiger partial charge in [0.1, 0.15) is 11.5 Å². The minimum Gasteiger partial charge on any atom is -0.383 e. The van der Waals surface area contributed by atoms with Gasteiger partial charge in [0.15, 0.2) is 0 Å². The highest BCUT2D eigenvalue weighted by Gasteiger charge is 2.18. The fourth-order valence-electron chi connectivity index (χ4n) is 2.07. The van der Waals surface area contributed by atoms with E-state index in [2.05, 4.69) is 15.1 Å². The van der Waals surface area contributed by atoms with Gasteiger partial charge in [-0.2, -0.15) is 5.10 Å². The van der Waals surface area contributed by atoms with Crippen LogP contribution in [-0.4, -0.2) is 19.7 Å². The number of aromatic nitrogens is 4. The van der Waals surface area contributed by atoms with Crippen LogP contribution in [0.3, 0.4) is 0 Å². The van der Waals surface area contributed by atoms with Crippen molar-refractivity contribution >= 4 is 5.82 Å². The summed E-state index contributed by atoms with van der Waals surface area (Å²) in [4.78, 5) is 18.5. The smallest absolute Gasteiger partial charge is 0.248 e. The van der Waals surface area contributed by atoms with Gasteiger partial charge in [0, 0.05) is 19.3 Å². The van der Waals surface area contributed by atoms with E-state index in [0.717, 1.165) is 11.3 Å². The molecule has 3 N–H and O–H groups in total. The first kappa shape index (κ1) is 12.2. The van der Waals surface area contributed by atoms with Crippen molar-refractivity contribution in [2.45, 2.75) is 0 Å². The van der Waals surface area contributed by atoms with Crippen LogP contribution < -0.4 is 11.3 Å². The zero-order chi connectivity index (χ0) is 14.1. The maximum Gasteiger partial charge on any atom is 0.248 e. The fraction of sp³-hybridized carbons (Fsp3) is 0.0714. The molecule has 3 aromatic rings. The van der Waals surface area contributed by atoms with E-state index in [1.807, 2.05) is 18.2 Å². The van der Waals surface area contributed by atoms with Gasteiger partial charge in [-0.25, -0.2) is 0 Å². The summed E-state index contributed by atoms with van der Waals surface area (Å²) in [7, 11) is 1.76. The van der Waals surface area contributed by atoms with E-state index in [4.69, 9.17) is 5.73 Å². The van der Waals surface area contributed by atoms with Crippen LogP contribution in [-0.2, 0) is 7.05 Å². The lowest BCUT2D eigenvalue weighted by molar-refractivity contribution is 0.781. The minimum atomic E-state index is -0.182. The Balaban J connectivity index is 2.28. The first-order valence-corrected chi connectivity index (χ1v) is 6.10. The van der Waals surface area contributed by atoms with Gasteiger partial charge in [0.05, 0.1) is 17.0 Å². The van der Waals surface area contributed by atoms with Gasteiger partial charge in [0.25, 0.3) is 0 Å². The Hall–Kier alpha value is -2.89. The lowest BCUT2D eigenvalue weighted by Gasteiger charge is -2.03. The van der Waals surface area contributed by atoms with Crippen molar-refractivity contribution in [1.82, 2.24) is 19.7 Å². The zero-order valence-electron chi connectivity index (χ0n) is 10.9. The van der Waals surface area contributed by atoms with Gasteiger partial charge in [0.2, 0.25) is 5.56 Å². The Kier molecular flexibility index (Phi) is 2.83. The van der Waals surface area contributed by atoms with Crippen LogP contribution in [0, 0.1) is 0 Å². The topological polar surface area (TPSA) is 89.6 Å². The monoisotopic (exact) mass is 267 g/mol. The van der Waals surface area contributed by atoms with Crippen molar-refractivity contribution in [3.05, 3.63) is 52.9 Å². The molecule has 6 heteroatoms. The van der Waals surface area contributed by atoms with Gasteiger partial charge < -0.3 is 10.7 Å². The van der Waals surface area contributed by atoms with E-state index >= 15 is 0 Å². The van der Waals surface area contributed by atoms with Crippen molar-refractivity contribution in [3.8, 4) is 22.6 Å². The van der Waals surface area contributed by atoms with E-state index in [1.54, 1.807) is 30.1 Å². The molecule has 3 aromatic heterocycles. The first-order chi connectivity index (χ1) is 9.66. The summed E-state index contributed by atoms with van der Waals surface area (Å²) in [5.41, 5.74) is 8.56. The van der Waals surface area contributed by atoms with E-state index in [9.17, 15) is 4.79 Å². The van der Waals surface area contributed by atoms with Crippen LogP contribution in [0.4, 0.5) is 5.82 Å². The minimum absolute atomic E-state index is 0.182. The molecule has 0 atom stereocenters. The Bertz CT molecular complexity index is 804. The van der Waals surface area contributed by atoms with Crippen LogP contribution in [0.25, 0.3) is 22.6 Å². The van der Waals surface area contributed by atoms with Gasteiger partial charge in [-0.15, -0.1) is 0 Å². The molecule has 0 saturated heterocycles. The Labute approximate surface area is 114 Å². The summed E-state index contributed by atoms with van der Waals surface area (Å²) in [6, 6.07) is 10.5. The molecule has 3 rings (SSSR count). The molecule has 0 unspecified atom stereocenters. The number of pyridine rings is 2. The lowest BCUT2D eigenvalue weighted by atomic mass is 10.1. The summed E-state index contributed by atoms with van der Waals surface area (Å²) in [5.74, 6) is 0.503. The molecule has 0 aliphatic heterocycles. The molecule has 20 heavy (non-hydrogen) atoms. The largest absolute Gasteiger partial charge is 0.383 e. The van der Waals surface area contributed by atoms with Crippen molar-refractivity contribution in [1.29, 1.82) is 0 Å². The lowest BCUT2D eigenvalue weighted by Crippen LogP contribution is -2.04. The van der Waals surface area contributed by atoms with Crippen LogP contribution in [0.5, 0.6) is 0 Å². The first-order valence-electron chi connectivity index (χ1n) is 6.10. The number of rotatable bonds is 2. The van der Waals surface area contributed by atoms with E-state index < -0.39 is 0 Å². The van der Waals surface area contributed by atoms with Crippen LogP contribution in [0.2, 0.25) is 0 Å². The van der Waals surface area contributed by atoms with E-state index in [-0.39, 0.29) is 5.56 Å². The molecular formula is C14H13N5O. The number of H-pyrrole nitrogens is 1. The van der Waals surface area contributed by atoms with Crippen molar-refractivity contribution < 1.29 is 0 Å². The van der Waals surface area contributed by atoms with Crippen molar-refractivity contribution in [2.24, 2.45) is 7.05 Å². The molecular weight excluding hydrogens is 254 g/mol. The molecule has 0 radical (unpaired) electrons. The van der Waals surface area contributed by atoms with Crippen LogP contribution >= 0.6 is 0 Å². The third kappa shape index (κ3) is 1.97. The Morgan fingerprint density at radius 3 is 2.75 bits per heavy atom. The van der Waals surface area contributed by atoms with E-state index in [1.165, 1.54) is 6.07 Å². The fourth-order valence-corrected chi connectivity index (χ4v) is 2.07. The predicted octanol–water partition coefficient (Wildman–Crippen LogP) is 1.42. The maximum atomic E-state index is 11.5. The summed E-state index contributed by atoms with van der Waals surface area (Å²) in [6.07, 6.45) is 1.69. The number of hydrogen-bond donors (Lipinski definition) is 2. The average Bonchev–Trinajstić information content (AvgIpc) is 2.76. The average molecular weight is 267 g/mol. The molecule has 0 amide bonds. The zero-order valence-corrected chi connectivity index (χ0v) is 10.9. The molecule has 0 spiro atoms. The highest BCUT2D eigenvalue weighted by molar-refractivity contribution is 5.85. The third-order valence-electron chi connectivity index (χ3n) is 3.04. The third-order valence-corrected chi connectivity index (χ3v) is 3.04. The number of hydrogen-bond acceptors (Lipinski definition) is 4.